The van der Waals surface area contributed by atoms with Crippen molar-refractivity contribution in [1.82, 2.24) is 10.0 Å². The van der Waals surface area contributed by atoms with Gasteiger partial charge in [-0.1, -0.05) is 26.0 Å². The van der Waals surface area contributed by atoms with Crippen LogP contribution in [0.25, 0.3) is 0 Å². The van der Waals surface area contributed by atoms with E-state index in [4.69, 9.17) is 4.74 Å². The molecule has 1 aliphatic heterocycles. The van der Waals surface area contributed by atoms with E-state index in [1.165, 1.54) is 6.07 Å². The maximum Gasteiger partial charge on any atom is 0.308 e. The minimum Gasteiger partial charge on any atom is -0.456 e. The number of carbonyl (C=O) groups is 2. The van der Waals surface area contributed by atoms with Crippen LogP contribution in [0, 0.1) is 5.92 Å². The first-order valence-corrected chi connectivity index (χ1v) is 9.37. The first-order valence-electron chi connectivity index (χ1n) is 7.88. The molecule has 1 heterocycles. The Morgan fingerprint density at radius 2 is 2.00 bits per heavy atom. The summed E-state index contributed by atoms with van der Waals surface area (Å²) in [6, 6.07) is 6.47. The Morgan fingerprint density at radius 1 is 1.28 bits per heavy atom. The maximum atomic E-state index is 11.9. The molecule has 1 aliphatic rings. The van der Waals surface area contributed by atoms with Crippen LogP contribution in [0.2, 0.25) is 0 Å². The predicted octanol–water partition coefficient (Wildman–Crippen LogP) is 0.431. The lowest BCUT2D eigenvalue weighted by Gasteiger charge is -2.08. The fraction of sp³-hybridized carbons (Fsp3) is 0.438. The number of nitrogens with one attached hydrogen (secondary N) is 2. The summed E-state index contributed by atoms with van der Waals surface area (Å²) < 4.78 is 31.0. The Balaban J connectivity index is 1.82. The van der Waals surface area contributed by atoms with Crippen molar-refractivity contribution in [2.24, 2.45) is 10.9 Å². The summed E-state index contributed by atoms with van der Waals surface area (Å²) in [5.41, 5.74) is 0.476. The molecule has 0 atom stereocenters. The number of amides is 1. The molecule has 0 aromatic heterocycles. The molecular formula is C16H21N3O5S. The van der Waals surface area contributed by atoms with E-state index in [1.54, 1.807) is 18.2 Å². The summed E-state index contributed by atoms with van der Waals surface area (Å²) in [5, 5.41) is 2.64. The van der Waals surface area contributed by atoms with Crippen LogP contribution in [0.5, 0.6) is 0 Å². The summed E-state index contributed by atoms with van der Waals surface area (Å²) in [5.74, 6) is -0.407. The Morgan fingerprint density at radius 3 is 2.72 bits per heavy atom. The molecule has 25 heavy (non-hydrogen) atoms. The normalized spacial score (nSPS) is 16.4. The van der Waals surface area contributed by atoms with Crippen LogP contribution in [0.15, 0.2) is 34.2 Å². The van der Waals surface area contributed by atoms with E-state index in [0.29, 0.717) is 18.0 Å². The van der Waals surface area contributed by atoms with E-state index >= 15 is 0 Å². The molecule has 0 bridgehead atoms. The van der Waals surface area contributed by atoms with E-state index in [9.17, 15) is 18.0 Å². The lowest BCUT2D eigenvalue weighted by molar-refractivity contribution is -0.148. The smallest absolute Gasteiger partial charge is 0.308 e. The monoisotopic (exact) mass is 367 g/mol. The molecular weight excluding hydrogens is 346 g/mol. The van der Waals surface area contributed by atoms with Gasteiger partial charge in [0.1, 0.15) is 5.84 Å². The third kappa shape index (κ3) is 5.28. The van der Waals surface area contributed by atoms with Crippen molar-refractivity contribution in [1.29, 1.82) is 0 Å². The highest BCUT2D eigenvalue weighted by Gasteiger charge is 2.29. The predicted molar refractivity (Wildman–Crippen MR) is 91.6 cm³/mol. The Hall–Kier alpha value is -2.42. The number of benzene rings is 1. The highest BCUT2D eigenvalue weighted by molar-refractivity contribution is 7.90. The van der Waals surface area contributed by atoms with Crippen molar-refractivity contribution in [3.8, 4) is 0 Å². The maximum absolute atomic E-state index is 11.9. The minimum atomic E-state index is -3.59. The van der Waals surface area contributed by atoms with E-state index in [1.807, 2.05) is 13.8 Å². The second kappa shape index (κ2) is 8.11. The van der Waals surface area contributed by atoms with Gasteiger partial charge in [-0.05, 0) is 18.1 Å². The second-order valence-corrected chi connectivity index (χ2v) is 7.59. The van der Waals surface area contributed by atoms with Crippen LogP contribution < -0.4 is 10.0 Å². The molecule has 0 aliphatic carbocycles. The van der Waals surface area contributed by atoms with Gasteiger partial charge < -0.3 is 10.1 Å². The largest absolute Gasteiger partial charge is 0.456 e. The van der Waals surface area contributed by atoms with E-state index < -0.39 is 16.0 Å². The lowest BCUT2D eigenvalue weighted by Crippen LogP contribution is -2.31. The molecule has 1 amide bonds. The van der Waals surface area contributed by atoms with E-state index in [0.717, 1.165) is 0 Å². The topological polar surface area (TPSA) is 114 Å². The molecule has 1 aromatic rings. The van der Waals surface area contributed by atoms with Crippen LogP contribution in [0.1, 0.15) is 25.8 Å². The average Bonchev–Trinajstić information content (AvgIpc) is 2.82. The molecule has 0 spiro atoms. The van der Waals surface area contributed by atoms with Crippen molar-refractivity contribution in [3.63, 3.8) is 0 Å². The van der Waals surface area contributed by atoms with Gasteiger partial charge in [-0.25, -0.2) is 8.42 Å². The summed E-state index contributed by atoms with van der Waals surface area (Å²) in [7, 11) is -3.59. The molecule has 8 nitrogen and oxygen atoms in total. The third-order valence-electron chi connectivity index (χ3n) is 3.32. The zero-order valence-corrected chi connectivity index (χ0v) is 14.9. The number of carbonyl (C=O) groups excluding carboxylic acids is 2. The summed E-state index contributed by atoms with van der Waals surface area (Å²) in [6.07, 6.45) is -0.0507. The molecule has 0 fully saturated rings. The number of aliphatic imine (C=N–C) groups is 1. The molecule has 2 rings (SSSR count). The van der Waals surface area contributed by atoms with Crippen molar-refractivity contribution < 1.29 is 22.7 Å². The molecule has 0 saturated heterocycles. The van der Waals surface area contributed by atoms with Gasteiger partial charge in [0.25, 0.3) is 15.9 Å². The van der Waals surface area contributed by atoms with Gasteiger partial charge in [-0.3, -0.25) is 19.3 Å². The van der Waals surface area contributed by atoms with Crippen molar-refractivity contribution in [3.05, 3.63) is 29.8 Å². The SMILES string of the molecule is CC(C)CNC(=O)COC(=O)CCN=C1NS(=O)(=O)c2ccccc21. The number of sulfonamides is 1. The van der Waals surface area contributed by atoms with Gasteiger partial charge >= 0.3 is 5.97 Å². The van der Waals surface area contributed by atoms with Crippen LogP contribution in [0.3, 0.4) is 0 Å². The Labute approximate surface area is 146 Å². The van der Waals surface area contributed by atoms with E-state index in [2.05, 4.69) is 15.0 Å². The van der Waals surface area contributed by atoms with Crippen molar-refractivity contribution >= 4 is 27.7 Å². The molecule has 136 valence electrons. The van der Waals surface area contributed by atoms with Gasteiger partial charge in [-0.2, -0.15) is 0 Å². The fourth-order valence-electron chi connectivity index (χ4n) is 2.10. The van der Waals surface area contributed by atoms with Gasteiger partial charge in [0.05, 0.1) is 17.9 Å². The molecule has 9 heteroatoms. The fourth-order valence-corrected chi connectivity index (χ4v) is 3.35. The third-order valence-corrected chi connectivity index (χ3v) is 4.72. The second-order valence-electron chi connectivity index (χ2n) is 5.94. The van der Waals surface area contributed by atoms with E-state index in [-0.39, 0.29) is 36.2 Å². The van der Waals surface area contributed by atoms with Crippen LogP contribution in [-0.4, -0.2) is 45.8 Å². The lowest BCUT2D eigenvalue weighted by atomic mass is 10.2. The van der Waals surface area contributed by atoms with Gasteiger partial charge in [0, 0.05) is 12.1 Å². The van der Waals surface area contributed by atoms with Gasteiger partial charge in [0.15, 0.2) is 6.61 Å². The minimum absolute atomic E-state index is 0.0507. The quantitative estimate of drug-likeness (QED) is 0.679. The molecule has 0 saturated carbocycles. The molecule has 1 aromatic carbocycles. The summed E-state index contributed by atoms with van der Waals surface area (Å²) in [4.78, 5) is 27.4. The van der Waals surface area contributed by atoms with Crippen molar-refractivity contribution in [2.45, 2.75) is 25.2 Å². The number of rotatable bonds is 7. The zero-order chi connectivity index (χ0) is 18.4. The van der Waals surface area contributed by atoms with Gasteiger partial charge in [0.2, 0.25) is 0 Å². The Kier molecular flexibility index (Phi) is 6.13. The number of amidine groups is 1. The number of fused-ring (bicyclic) bond motifs is 1. The van der Waals surface area contributed by atoms with Crippen LogP contribution in [-0.2, 0) is 24.3 Å². The standard InChI is InChI=1S/C16H21N3O5S/c1-11(2)9-18-14(20)10-24-15(21)7-8-17-16-12-5-3-4-6-13(12)25(22,23)19-16/h3-6,11H,7-10H2,1-2H3,(H,17,19)(H,18,20). The van der Waals surface area contributed by atoms with Gasteiger partial charge in [-0.15, -0.1) is 0 Å². The first-order chi connectivity index (χ1) is 11.8. The number of hydrogen-bond donors (Lipinski definition) is 2. The molecule has 0 unspecified atom stereocenters. The number of ether oxygens (including phenoxy) is 1. The summed E-state index contributed by atoms with van der Waals surface area (Å²) >= 11 is 0. The Bertz CT molecular complexity index is 787. The highest BCUT2D eigenvalue weighted by Crippen LogP contribution is 2.22. The van der Waals surface area contributed by atoms with Crippen LogP contribution >= 0.6 is 0 Å². The van der Waals surface area contributed by atoms with Crippen molar-refractivity contribution in [2.75, 3.05) is 19.7 Å². The van der Waals surface area contributed by atoms with Crippen LogP contribution in [0.4, 0.5) is 0 Å². The highest BCUT2D eigenvalue weighted by atomic mass is 32.2. The molecule has 2 N–H and O–H groups in total. The summed E-state index contributed by atoms with van der Waals surface area (Å²) in [6.45, 7) is 4.15. The zero-order valence-electron chi connectivity index (χ0n) is 14.1. The average molecular weight is 367 g/mol. The molecule has 0 radical (unpaired) electrons. The number of esters is 1. The first kappa shape index (κ1) is 18.9. The number of hydrogen-bond acceptors (Lipinski definition) is 6. The number of nitrogens with zero attached hydrogens (tertiary/aromatic N) is 1.